The number of hydrogen-bond acceptors (Lipinski definition) is 3. The van der Waals surface area contributed by atoms with E-state index < -0.39 is 39.2 Å². The molecule has 0 fully saturated rings. The van der Waals surface area contributed by atoms with Crippen LogP contribution in [0.4, 0.5) is 18.9 Å². The van der Waals surface area contributed by atoms with Crippen LogP contribution in [0.15, 0.2) is 0 Å². The number of nitro benzene ring substituents is 1. The van der Waals surface area contributed by atoms with Gasteiger partial charge in [-0.2, -0.15) is 4.39 Å². The first-order valence-electron chi connectivity index (χ1n) is 3.68. The molecule has 0 heterocycles. The summed E-state index contributed by atoms with van der Waals surface area (Å²) in [4.78, 5) is 19.3. The van der Waals surface area contributed by atoms with Gasteiger partial charge in [0.15, 0.2) is 12.1 Å². The second-order valence-corrected chi connectivity index (χ2v) is 2.70. The van der Waals surface area contributed by atoms with E-state index in [2.05, 4.69) is 0 Å². The first kappa shape index (κ1) is 11.2. The highest BCUT2D eigenvalue weighted by Crippen LogP contribution is 2.29. The molecule has 0 aromatic heterocycles. The molecule has 0 bridgehead atoms. The predicted octanol–water partition coefficient (Wildman–Crippen LogP) is 2.13. The van der Waals surface area contributed by atoms with Gasteiger partial charge >= 0.3 is 5.69 Å². The topological polar surface area (TPSA) is 60.2 Å². The van der Waals surface area contributed by atoms with Gasteiger partial charge in [0.05, 0.1) is 4.92 Å². The van der Waals surface area contributed by atoms with Gasteiger partial charge in [0.25, 0.3) is 0 Å². The number of aldehydes is 1. The van der Waals surface area contributed by atoms with Crippen molar-refractivity contribution >= 4 is 12.0 Å². The van der Waals surface area contributed by atoms with Crippen molar-refractivity contribution in [2.45, 2.75) is 6.92 Å². The quantitative estimate of drug-likeness (QED) is 0.331. The summed E-state index contributed by atoms with van der Waals surface area (Å²) in [6, 6.07) is 0. The van der Waals surface area contributed by atoms with Crippen molar-refractivity contribution in [3.8, 4) is 0 Å². The zero-order valence-electron chi connectivity index (χ0n) is 7.38. The molecule has 80 valence electrons. The fourth-order valence-corrected chi connectivity index (χ4v) is 1.08. The van der Waals surface area contributed by atoms with E-state index in [0.717, 1.165) is 6.92 Å². The van der Waals surface area contributed by atoms with Crippen molar-refractivity contribution in [2.75, 3.05) is 0 Å². The van der Waals surface area contributed by atoms with Gasteiger partial charge in [-0.05, 0) is 6.92 Å². The van der Waals surface area contributed by atoms with Crippen LogP contribution in [-0.2, 0) is 0 Å². The van der Waals surface area contributed by atoms with Crippen molar-refractivity contribution in [1.29, 1.82) is 0 Å². The largest absolute Gasteiger partial charge is 0.321 e. The molecule has 1 rings (SSSR count). The SMILES string of the molecule is Cc1c(F)c(F)c([N+](=O)[O-])c(C=O)c1F. The summed E-state index contributed by atoms with van der Waals surface area (Å²) in [6.45, 7) is 0.879. The third-order valence-corrected chi connectivity index (χ3v) is 1.85. The maximum atomic E-state index is 13.1. The van der Waals surface area contributed by atoms with Crippen molar-refractivity contribution in [2.24, 2.45) is 0 Å². The van der Waals surface area contributed by atoms with Crippen LogP contribution in [0.3, 0.4) is 0 Å². The summed E-state index contributed by atoms with van der Waals surface area (Å²) in [6.07, 6.45) is -0.219. The average Bonchev–Trinajstić information content (AvgIpc) is 2.19. The molecule has 0 unspecified atom stereocenters. The number of rotatable bonds is 2. The molecule has 0 radical (unpaired) electrons. The maximum Gasteiger partial charge on any atom is 0.321 e. The Morgan fingerprint density at radius 1 is 1.20 bits per heavy atom. The number of nitrogens with zero attached hydrogens (tertiary/aromatic N) is 1. The molecule has 7 heteroatoms. The Labute approximate surface area is 81.5 Å². The zero-order valence-corrected chi connectivity index (χ0v) is 7.38. The Hall–Kier alpha value is -1.92. The fraction of sp³-hybridized carbons (Fsp3) is 0.125. The van der Waals surface area contributed by atoms with Gasteiger partial charge in [0.2, 0.25) is 5.82 Å². The van der Waals surface area contributed by atoms with E-state index in [0.29, 0.717) is 0 Å². The lowest BCUT2D eigenvalue weighted by Crippen LogP contribution is -2.06. The summed E-state index contributed by atoms with van der Waals surface area (Å²) < 4.78 is 39.0. The molecule has 4 nitrogen and oxygen atoms in total. The molecule has 0 aliphatic rings. The van der Waals surface area contributed by atoms with E-state index >= 15 is 0 Å². The minimum absolute atomic E-state index is 0.219. The Morgan fingerprint density at radius 3 is 2.13 bits per heavy atom. The van der Waals surface area contributed by atoms with Gasteiger partial charge in [0, 0.05) is 5.56 Å². The Bertz CT molecular complexity index is 459. The summed E-state index contributed by atoms with van der Waals surface area (Å²) in [7, 11) is 0. The number of carbonyl (C=O) groups is 1. The maximum absolute atomic E-state index is 13.1. The van der Waals surface area contributed by atoms with E-state index in [1.54, 1.807) is 0 Å². The van der Waals surface area contributed by atoms with Gasteiger partial charge in [-0.3, -0.25) is 14.9 Å². The van der Waals surface area contributed by atoms with E-state index in [9.17, 15) is 28.1 Å². The molecule has 0 amide bonds. The van der Waals surface area contributed by atoms with Gasteiger partial charge in [-0.25, -0.2) is 8.78 Å². The van der Waals surface area contributed by atoms with Gasteiger partial charge in [0.1, 0.15) is 11.4 Å². The monoisotopic (exact) mass is 219 g/mol. The summed E-state index contributed by atoms with van der Waals surface area (Å²) in [5, 5.41) is 10.3. The molecule has 1 aromatic rings. The number of nitro groups is 1. The minimum atomic E-state index is -1.83. The van der Waals surface area contributed by atoms with Crippen LogP contribution >= 0.6 is 0 Å². The second-order valence-electron chi connectivity index (χ2n) is 2.70. The molecule has 0 N–H and O–H groups in total. The molecule has 0 spiro atoms. The van der Waals surface area contributed by atoms with E-state index in [4.69, 9.17) is 0 Å². The highest BCUT2D eigenvalue weighted by Gasteiger charge is 2.30. The second kappa shape index (κ2) is 3.68. The first-order chi connectivity index (χ1) is 6.91. The average molecular weight is 219 g/mol. The van der Waals surface area contributed by atoms with Crippen LogP contribution in [0.2, 0.25) is 0 Å². The van der Waals surface area contributed by atoms with Crippen LogP contribution in [0, 0.1) is 34.5 Å². The Balaban J connectivity index is 3.78. The summed E-state index contributed by atoms with van der Waals surface area (Å²) in [5.74, 6) is -4.92. The van der Waals surface area contributed by atoms with Gasteiger partial charge < -0.3 is 0 Å². The fourth-order valence-electron chi connectivity index (χ4n) is 1.08. The molecule has 0 atom stereocenters. The van der Waals surface area contributed by atoms with Crippen LogP contribution in [0.1, 0.15) is 15.9 Å². The van der Waals surface area contributed by atoms with Crippen LogP contribution < -0.4 is 0 Å². The van der Waals surface area contributed by atoms with Crippen molar-refractivity contribution in [3.63, 3.8) is 0 Å². The Kier molecular flexibility index (Phi) is 2.74. The molecular weight excluding hydrogens is 215 g/mol. The summed E-state index contributed by atoms with van der Waals surface area (Å²) in [5.41, 5.74) is -3.33. The number of benzene rings is 1. The van der Waals surface area contributed by atoms with E-state index in [1.807, 2.05) is 0 Å². The minimum Gasteiger partial charge on any atom is -0.297 e. The Morgan fingerprint density at radius 2 is 1.73 bits per heavy atom. The van der Waals surface area contributed by atoms with Gasteiger partial charge in [-0.15, -0.1) is 0 Å². The van der Waals surface area contributed by atoms with Crippen LogP contribution in [-0.4, -0.2) is 11.2 Å². The number of carbonyl (C=O) groups excluding carboxylic acids is 1. The standard InChI is InChI=1S/C8H4F3NO3/c1-3-5(9)4(2-13)8(12(14)15)7(11)6(3)10/h2H,1H3. The predicted molar refractivity (Wildman–Crippen MR) is 43.1 cm³/mol. The van der Waals surface area contributed by atoms with Crippen LogP contribution in [0.25, 0.3) is 0 Å². The highest BCUT2D eigenvalue weighted by molar-refractivity contribution is 5.82. The molecule has 0 aliphatic heterocycles. The third-order valence-electron chi connectivity index (χ3n) is 1.85. The first-order valence-corrected chi connectivity index (χ1v) is 3.68. The zero-order chi connectivity index (χ0) is 11.7. The van der Waals surface area contributed by atoms with E-state index in [1.165, 1.54) is 0 Å². The number of hydrogen-bond donors (Lipinski definition) is 0. The molecule has 0 saturated carbocycles. The van der Waals surface area contributed by atoms with Crippen molar-refractivity contribution in [1.82, 2.24) is 0 Å². The summed E-state index contributed by atoms with van der Waals surface area (Å²) >= 11 is 0. The molecular formula is C8H4F3NO3. The van der Waals surface area contributed by atoms with E-state index in [-0.39, 0.29) is 6.29 Å². The van der Waals surface area contributed by atoms with Crippen molar-refractivity contribution < 1.29 is 22.9 Å². The lowest BCUT2D eigenvalue weighted by Gasteiger charge is -2.04. The van der Waals surface area contributed by atoms with Crippen molar-refractivity contribution in [3.05, 3.63) is 38.7 Å². The lowest BCUT2D eigenvalue weighted by molar-refractivity contribution is -0.388. The molecule has 0 saturated heterocycles. The highest BCUT2D eigenvalue weighted by atomic mass is 19.2. The lowest BCUT2D eigenvalue weighted by atomic mass is 10.1. The van der Waals surface area contributed by atoms with Crippen LogP contribution in [0.5, 0.6) is 0 Å². The third kappa shape index (κ3) is 1.56. The van der Waals surface area contributed by atoms with Gasteiger partial charge in [-0.1, -0.05) is 0 Å². The molecule has 0 aliphatic carbocycles. The number of halogens is 3. The molecule has 1 aromatic carbocycles. The smallest absolute Gasteiger partial charge is 0.297 e. The normalized spacial score (nSPS) is 10.1. The molecule has 15 heavy (non-hydrogen) atoms.